The lowest BCUT2D eigenvalue weighted by Gasteiger charge is -2.05. The molecular weight excluding hydrogens is 388 g/mol. The second-order valence-electron chi connectivity index (χ2n) is 4.23. The summed E-state index contributed by atoms with van der Waals surface area (Å²) >= 11 is 5.89. The fraction of sp³-hybridized carbons (Fsp3) is 0.231. The van der Waals surface area contributed by atoms with Crippen LogP contribution >= 0.6 is 39.0 Å². The van der Waals surface area contributed by atoms with Crippen LogP contribution in [0.5, 0.6) is 0 Å². The van der Waals surface area contributed by atoms with Crippen LogP contribution in [0.2, 0.25) is 0 Å². The minimum Gasteiger partial charge on any atom is -0.325 e. The maximum absolute atomic E-state index is 11.8. The number of hydrogen-bond donors (Lipinski definition) is 2. The van der Waals surface area contributed by atoms with E-state index >= 15 is 0 Å². The van der Waals surface area contributed by atoms with Crippen LogP contribution in [0.4, 0.5) is 10.8 Å². The number of carbonyl (C=O) groups is 2. The molecule has 0 bridgehead atoms. The third-order valence-electron chi connectivity index (χ3n) is 2.35. The van der Waals surface area contributed by atoms with E-state index in [9.17, 15) is 9.59 Å². The van der Waals surface area contributed by atoms with Crippen molar-refractivity contribution in [2.24, 2.45) is 0 Å². The van der Waals surface area contributed by atoms with E-state index in [4.69, 9.17) is 0 Å². The molecule has 0 saturated heterocycles. The van der Waals surface area contributed by atoms with Crippen LogP contribution in [-0.4, -0.2) is 33.5 Å². The predicted molar refractivity (Wildman–Crippen MR) is 93.4 cm³/mol. The number of halogens is 1. The highest BCUT2D eigenvalue weighted by Gasteiger charge is 2.08. The molecule has 116 valence electrons. The van der Waals surface area contributed by atoms with Gasteiger partial charge in [-0.25, -0.2) is 0 Å². The van der Waals surface area contributed by atoms with Crippen LogP contribution in [-0.2, 0) is 9.59 Å². The zero-order valence-electron chi connectivity index (χ0n) is 11.6. The van der Waals surface area contributed by atoms with Crippen molar-refractivity contribution < 1.29 is 9.59 Å². The molecule has 6 nitrogen and oxygen atoms in total. The first kappa shape index (κ1) is 16.9. The smallest absolute Gasteiger partial charge is 0.236 e. The number of hydrogen-bond acceptors (Lipinski definition) is 6. The fourth-order valence-corrected chi connectivity index (χ4v) is 3.13. The number of aryl methyl sites for hydroxylation is 1. The van der Waals surface area contributed by atoms with E-state index in [-0.39, 0.29) is 23.3 Å². The first-order chi connectivity index (χ1) is 10.5. The van der Waals surface area contributed by atoms with Gasteiger partial charge in [0.25, 0.3) is 0 Å². The maximum atomic E-state index is 11.8. The highest BCUT2D eigenvalue weighted by molar-refractivity contribution is 9.10. The Morgan fingerprint density at radius 3 is 2.59 bits per heavy atom. The second-order valence-corrected chi connectivity index (χ2v) is 7.31. The average Bonchev–Trinajstić information content (AvgIpc) is 2.84. The number of aromatic nitrogens is 2. The standard InChI is InChI=1S/C13H13BrN4O2S2/c1-8-17-18-13(22-8)16-12(20)7-21-6-11(19)15-10-4-2-3-9(14)5-10/h2-5H,6-7H2,1H3,(H,15,19)(H,16,18,20). The van der Waals surface area contributed by atoms with Gasteiger partial charge >= 0.3 is 0 Å². The van der Waals surface area contributed by atoms with Gasteiger partial charge in [-0.3, -0.25) is 14.9 Å². The normalized spacial score (nSPS) is 10.3. The molecule has 0 saturated carbocycles. The maximum Gasteiger partial charge on any atom is 0.236 e. The highest BCUT2D eigenvalue weighted by atomic mass is 79.9. The van der Waals surface area contributed by atoms with Gasteiger partial charge in [-0.15, -0.1) is 22.0 Å². The number of rotatable bonds is 6. The molecular formula is C13H13BrN4O2S2. The number of amides is 2. The van der Waals surface area contributed by atoms with Crippen molar-refractivity contribution in [3.63, 3.8) is 0 Å². The summed E-state index contributed by atoms with van der Waals surface area (Å²) in [5.41, 5.74) is 0.716. The second kappa shape index (κ2) is 8.25. The van der Waals surface area contributed by atoms with Gasteiger partial charge in [0.1, 0.15) is 5.01 Å². The Kier molecular flexibility index (Phi) is 6.34. The number of anilines is 2. The summed E-state index contributed by atoms with van der Waals surface area (Å²) in [6, 6.07) is 7.33. The molecule has 2 amide bonds. The SMILES string of the molecule is Cc1nnc(NC(=O)CSCC(=O)Nc2cccc(Br)c2)s1. The first-order valence-electron chi connectivity index (χ1n) is 6.26. The zero-order valence-corrected chi connectivity index (χ0v) is 14.8. The minimum absolute atomic E-state index is 0.150. The molecule has 0 fully saturated rings. The predicted octanol–water partition coefficient (Wildman–Crippen LogP) is 2.92. The first-order valence-corrected chi connectivity index (χ1v) is 9.02. The summed E-state index contributed by atoms with van der Waals surface area (Å²) in [7, 11) is 0. The molecule has 0 radical (unpaired) electrons. The molecule has 2 N–H and O–H groups in total. The number of benzene rings is 1. The van der Waals surface area contributed by atoms with Crippen LogP contribution in [0, 0.1) is 6.92 Å². The molecule has 1 aromatic heterocycles. The quantitative estimate of drug-likeness (QED) is 0.778. The van der Waals surface area contributed by atoms with E-state index in [0.29, 0.717) is 10.8 Å². The number of carbonyl (C=O) groups excluding carboxylic acids is 2. The van der Waals surface area contributed by atoms with Gasteiger partial charge in [-0.05, 0) is 25.1 Å². The molecule has 1 aromatic carbocycles. The largest absolute Gasteiger partial charge is 0.325 e. The molecule has 0 aliphatic carbocycles. The van der Waals surface area contributed by atoms with Crippen LogP contribution in [0.3, 0.4) is 0 Å². The van der Waals surface area contributed by atoms with E-state index in [2.05, 4.69) is 36.8 Å². The van der Waals surface area contributed by atoms with Crippen molar-refractivity contribution in [1.82, 2.24) is 10.2 Å². The van der Waals surface area contributed by atoms with Crippen molar-refractivity contribution in [2.75, 3.05) is 22.1 Å². The molecule has 0 spiro atoms. The van der Waals surface area contributed by atoms with Gasteiger partial charge in [0.15, 0.2) is 0 Å². The lowest BCUT2D eigenvalue weighted by atomic mass is 10.3. The molecule has 0 aliphatic heterocycles. The zero-order chi connectivity index (χ0) is 15.9. The van der Waals surface area contributed by atoms with Gasteiger partial charge in [-0.1, -0.05) is 33.3 Å². The molecule has 2 aromatic rings. The van der Waals surface area contributed by atoms with Crippen molar-refractivity contribution in [1.29, 1.82) is 0 Å². The Morgan fingerprint density at radius 1 is 1.23 bits per heavy atom. The highest BCUT2D eigenvalue weighted by Crippen LogP contribution is 2.16. The van der Waals surface area contributed by atoms with Gasteiger partial charge < -0.3 is 5.32 Å². The summed E-state index contributed by atoms with van der Waals surface area (Å²) in [4.78, 5) is 23.4. The van der Waals surface area contributed by atoms with Crippen molar-refractivity contribution >= 4 is 61.7 Å². The summed E-state index contributed by atoms with van der Waals surface area (Å²) in [5, 5.41) is 14.3. The summed E-state index contributed by atoms with van der Waals surface area (Å²) in [5.74, 6) is 0.0404. The Balaban J connectivity index is 1.69. The van der Waals surface area contributed by atoms with Crippen LogP contribution in [0.1, 0.15) is 5.01 Å². The fourth-order valence-electron chi connectivity index (χ4n) is 1.50. The molecule has 0 aliphatic rings. The van der Waals surface area contributed by atoms with E-state index in [0.717, 1.165) is 9.48 Å². The van der Waals surface area contributed by atoms with Gasteiger partial charge in [0.2, 0.25) is 16.9 Å². The topological polar surface area (TPSA) is 84.0 Å². The van der Waals surface area contributed by atoms with E-state index in [1.165, 1.54) is 23.1 Å². The number of thioether (sulfide) groups is 1. The monoisotopic (exact) mass is 400 g/mol. The Bertz CT molecular complexity index is 678. The molecule has 0 atom stereocenters. The van der Waals surface area contributed by atoms with E-state index in [1.54, 1.807) is 6.07 Å². The molecule has 9 heteroatoms. The van der Waals surface area contributed by atoms with Crippen LogP contribution in [0.25, 0.3) is 0 Å². The lowest BCUT2D eigenvalue weighted by molar-refractivity contribution is -0.114. The van der Waals surface area contributed by atoms with Crippen molar-refractivity contribution in [3.05, 3.63) is 33.7 Å². The van der Waals surface area contributed by atoms with Gasteiger partial charge in [-0.2, -0.15) is 0 Å². The Labute approximate surface area is 144 Å². The van der Waals surface area contributed by atoms with Gasteiger partial charge in [0.05, 0.1) is 11.5 Å². The Morgan fingerprint density at radius 2 is 1.95 bits per heavy atom. The third kappa shape index (κ3) is 5.74. The van der Waals surface area contributed by atoms with Crippen molar-refractivity contribution in [3.8, 4) is 0 Å². The summed E-state index contributed by atoms with van der Waals surface area (Å²) in [6.45, 7) is 1.81. The summed E-state index contributed by atoms with van der Waals surface area (Å²) < 4.78 is 0.893. The number of nitrogens with one attached hydrogen (secondary N) is 2. The third-order valence-corrected chi connectivity index (χ3v) is 4.53. The van der Waals surface area contributed by atoms with Crippen molar-refractivity contribution in [2.45, 2.75) is 6.92 Å². The van der Waals surface area contributed by atoms with E-state index < -0.39 is 0 Å². The van der Waals surface area contributed by atoms with E-state index in [1.807, 2.05) is 25.1 Å². The van der Waals surface area contributed by atoms with Gasteiger partial charge in [0, 0.05) is 10.2 Å². The number of nitrogens with zero attached hydrogens (tertiary/aromatic N) is 2. The average molecular weight is 401 g/mol. The lowest BCUT2D eigenvalue weighted by Crippen LogP contribution is -2.18. The molecule has 1 heterocycles. The van der Waals surface area contributed by atoms with Crippen LogP contribution in [0.15, 0.2) is 28.7 Å². The van der Waals surface area contributed by atoms with Crippen LogP contribution < -0.4 is 10.6 Å². The molecule has 0 unspecified atom stereocenters. The summed E-state index contributed by atoms with van der Waals surface area (Å²) in [6.07, 6.45) is 0. The molecule has 2 rings (SSSR count). The Hall–Kier alpha value is -1.45. The minimum atomic E-state index is -0.198. The molecule has 22 heavy (non-hydrogen) atoms.